The van der Waals surface area contributed by atoms with Crippen LogP contribution in [0.4, 0.5) is 0 Å². The molecule has 1 unspecified atom stereocenters. The summed E-state index contributed by atoms with van der Waals surface area (Å²) in [6.45, 7) is 3.30. The summed E-state index contributed by atoms with van der Waals surface area (Å²) in [4.78, 5) is 25.6. The van der Waals surface area contributed by atoms with Gasteiger partial charge in [0.25, 0.3) is 0 Å². The first kappa shape index (κ1) is 23.3. The van der Waals surface area contributed by atoms with Gasteiger partial charge in [0.1, 0.15) is 5.25 Å². The van der Waals surface area contributed by atoms with Gasteiger partial charge in [0.05, 0.1) is 4.90 Å². The number of hydrogen-bond acceptors (Lipinski definition) is 4. The minimum Gasteiger partial charge on any atom is -0.293 e. The number of carbonyl (C=O) groups excluding carboxylic acids is 2. The van der Waals surface area contributed by atoms with Crippen molar-refractivity contribution in [3.63, 3.8) is 0 Å². The average molecular weight is 469 g/mol. The van der Waals surface area contributed by atoms with Crippen molar-refractivity contribution < 1.29 is 18.0 Å². The smallest absolute Gasteiger partial charge is 0.193 e. The molecular weight excluding hydrogens is 444 g/mol. The van der Waals surface area contributed by atoms with Crippen LogP contribution in [0.1, 0.15) is 38.8 Å². The summed E-state index contributed by atoms with van der Waals surface area (Å²) in [6, 6.07) is 29.7. The van der Waals surface area contributed by atoms with Gasteiger partial charge in [-0.25, -0.2) is 8.42 Å². The third kappa shape index (κ3) is 4.75. The molecule has 0 radical (unpaired) electrons. The van der Waals surface area contributed by atoms with E-state index in [0.717, 1.165) is 16.7 Å². The quantitative estimate of drug-likeness (QED) is 0.315. The highest BCUT2D eigenvalue weighted by molar-refractivity contribution is 7.92. The first-order chi connectivity index (χ1) is 16.3. The second-order valence-corrected chi connectivity index (χ2v) is 10.5. The summed E-state index contributed by atoms with van der Waals surface area (Å²) in [6.07, 6.45) is 0. The number of ketones is 2. The van der Waals surface area contributed by atoms with Crippen LogP contribution in [0.3, 0.4) is 0 Å². The van der Waals surface area contributed by atoms with Gasteiger partial charge in [-0.3, -0.25) is 9.59 Å². The fraction of sp³-hybridized carbons (Fsp3) is 0.103. The highest BCUT2D eigenvalue weighted by Gasteiger charge is 2.30. The maximum atomic E-state index is 12.9. The summed E-state index contributed by atoms with van der Waals surface area (Å²) in [5.41, 5.74) is 4.27. The van der Waals surface area contributed by atoms with Crippen molar-refractivity contribution in [2.75, 3.05) is 0 Å². The van der Waals surface area contributed by atoms with Gasteiger partial charge in [0.15, 0.2) is 21.4 Å². The average Bonchev–Trinajstić information content (AvgIpc) is 2.88. The van der Waals surface area contributed by atoms with Gasteiger partial charge in [0.2, 0.25) is 0 Å². The molecule has 0 fully saturated rings. The summed E-state index contributed by atoms with van der Waals surface area (Å²) < 4.78 is 25.8. The lowest BCUT2D eigenvalue weighted by molar-refractivity contribution is 0.0990. The van der Waals surface area contributed by atoms with E-state index < -0.39 is 20.9 Å². The molecule has 0 aliphatic carbocycles. The van der Waals surface area contributed by atoms with E-state index in [1.165, 1.54) is 19.1 Å². The molecule has 0 aliphatic heterocycles. The van der Waals surface area contributed by atoms with Crippen molar-refractivity contribution in [3.8, 4) is 11.1 Å². The van der Waals surface area contributed by atoms with Crippen molar-refractivity contribution in [3.05, 3.63) is 125 Å². The standard InChI is InChI=1S/C29H24O4S/c1-20-8-18-27(19-9-20)34(32,33)21(2)28(30)25-14-10-22(11-15-25)23-12-16-26(17-13-23)29(31)24-6-4-3-5-7-24/h3-19,21H,1-2H3. The zero-order chi connectivity index (χ0) is 24.3. The summed E-state index contributed by atoms with van der Waals surface area (Å²) in [7, 11) is -3.78. The molecule has 0 spiro atoms. The molecule has 4 aromatic rings. The van der Waals surface area contributed by atoms with Crippen LogP contribution in [-0.2, 0) is 9.84 Å². The van der Waals surface area contributed by atoms with Gasteiger partial charge < -0.3 is 0 Å². The number of carbonyl (C=O) groups is 2. The second kappa shape index (κ2) is 9.57. The van der Waals surface area contributed by atoms with Crippen LogP contribution in [0, 0.1) is 6.92 Å². The normalized spacial score (nSPS) is 12.2. The predicted molar refractivity (Wildman–Crippen MR) is 134 cm³/mol. The molecule has 0 heterocycles. The van der Waals surface area contributed by atoms with Crippen molar-refractivity contribution in [1.82, 2.24) is 0 Å². The maximum absolute atomic E-state index is 12.9. The Morgan fingerprint density at radius 1 is 0.618 bits per heavy atom. The lowest BCUT2D eigenvalue weighted by atomic mass is 9.98. The summed E-state index contributed by atoms with van der Waals surface area (Å²) in [5, 5.41) is -1.19. The maximum Gasteiger partial charge on any atom is 0.193 e. The fourth-order valence-electron chi connectivity index (χ4n) is 3.70. The lowest BCUT2D eigenvalue weighted by Gasteiger charge is -2.13. The van der Waals surface area contributed by atoms with Crippen LogP contribution >= 0.6 is 0 Å². The molecule has 0 amide bonds. The number of aryl methyl sites for hydroxylation is 1. The van der Waals surface area contributed by atoms with Crippen LogP contribution < -0.4 is 0 Å². The highest BCUT2D eigenvalue weighted by Crippen LogP contribution is 2.24. The van der Waals surface area contributed by atoms with Gasteiger partial charge in [-0.2, -0.15) is 0 Å². The van der Waals surface area contributed by atoms with Gasteiger partial charge >= 0.3 is 0 Å². The first-order valence-electron chi connectivity index (χ1n) is 10.9. The molecule has 5 heteroatoms. The predicted octanol–water partition coefficient (Wildman–Crippen LogP) is 5.94. The van der Waals surface area contributed by atoms with Crippen LogP contribution in [-0.4, -0.2) is 25.2 Å². The van der Waals surface area contributed by atoms with Crippen molar-refractivity contribution in [1.29, 1.82) is 0 Å². The van der Waals surface area contributed by atoms with Crippen LogP contribution in [0.25, 0.3) is 11.1 Å². The Labute approximate surface area is 199 Å². The van der Waals surface area contributed by atoms with E-state index in [9.17, 15) is 18.0 Å². The third-order valence-electron chi connectivity index (χ3n) is 5.87. The monoisotopic (exact) mass is 468 g/mol. The largest absolute Gasteiger partial charge is 0.293 e. The SMILES string of the molecule is Cc1ccc(S(=O)(=O)C(C)C(=O)c2ccc(-c3ccc(C(=O)c4ccccc4)cc3)cc2)cc1. The molecule has 34 heavy (non-hydrogen) atoms. The molecule has 4 nitrogen and oxygen atoms in total. The van der Waals surface area contributed by atoms with Gasteiger partial charge in [-0.05, 0) is 37.1 Å². The Hall–Kier alpha value is -3.83. The van der Waals surface area contributed by atoms with Crippen molar-refractivity contribution in [2.45, 2.75) is 24.0 Å². The molecule has 0 aliphatic rings. The molecule has 1 atom stereocenters. The zero-order valence-corrected chi connectivity index (χ0v) is 19.8. The minimum absolute atomic E-state index is 0.0446. The molecule has 170 valence electrons. The molecular formula is C29H24O4S. The van der Waals surface area contributed by atoms with Gasteiger partial charge in [-0.1, -0.05) is 96.6 Å². The topological polar surface area (TPSA) is 68.3 Å². The summed E-state index contributed by atoms with van der Waals surface area (Å²) >= 11 is 0. The highest BCUT2D eigenvalue weighted by atomic mass is 32.2. The molecule has 0 saturated heterocycles. The van der Waals surface area contributed by atoms with Crippen LogP contribution in [0.5, 0.6) is 0 Å². The molecule has 4 aromatic carbocycles. The van der Waals surface area contributed by atoms with Crippen molar-refractivity contribution in [2.24, 2.45) is 0 Å². The third-order valence-corrected chi connectivity index (χ3v) is 7.94. The van der Waals surface area contributed by atoms with Gasteiger partial charge in [0, 0.05) is 16.7 Å². The Morgan fingerprint density at radius 3 is 1.62 bits per heavy atom. The van der Waals surface area contributed by atoms with Gasteiger partial charge in [-0.15, -0.1) is 0 Å². The number of rotatable bonds is 7. The van der Waals surface area contributed by atoms with E-state index in [4.69, 9.17) is 0 Å². The number of benzene rings is 4. The van der Waals surface area contributed by atoms with E-state index in [1.807, 2.05) is 37.3 Å². The Morgan fingerprint density at radius 2 is 1.09 bits per heavy atom. The molecule has 0 saturated carbocycles. The molecule has 0 N–H and O–H groups in total. The Balaban J connectivity index is 1.51. The summed E-state index contributed by atoms with van der Waals surface area (Å²) in [5.74, 6) is -0.493. The van der Waals surface area contributed by atoms with Crippen LogP contribution in [0.15, 0.2) is 108 Å². The number of Topliss-reactive ketones (excluding diaryl/α,β-unsaturated/α-hetero) is 1. The van der Waals surface area contributed by atoms with E-state index in [2.05, 4.69) is 0 Å². The van der Waals surface area contributed by atoms with Crippen LogP contribution in [0.2, 0.25) is 0 Å². The van der Waals surface area contributed by atoms with E-state index in [1.54, 1.807) is 60.7 Å². The molecule has 0 bridgehead atoms. The fourth-order valence-corrected chi connectivity index (χ4v) is 5.05. The Bertz CT molecular complexity index is 1420. The van der Waals surface area contributed by atoms with E-state index >= 15 is 0 Å². The number of sulfone groups is 1. The molecule has 4 rings (SSSR count). The number of hydrogen-bond donors (Lipinski definition) is 0. The molecule has 0 aromatic heterocycles. The zero-order valence-electron chi connectivity index (χ0n) is 18.9. The van der Waals surface area contributed by atoms with E-state index in [-0.39, 0.29) is 10.7 Å². The Kier molecular flexibility index (Phi) is 6.57. The van der Waals surface area contributed by atoms with Crippen molar-refractivity contribution >= 4 is 21.4 Å². The van der Waals surface area contributed by atoms with E-state index in [0.29, 0.717) is 16.7 Å². The first-order valence-corrected chi connectivity index (χ1v) is 12.5. The second-order valence-electron chi connectivity index (χ2n) is 8.21. The lowest BCUT2D eigenvalue weighted by Crippen LogP contribution is -2.27. The minimum atomic E-state index is -3.78.